The molecule has 13 nitrogen and oxygen atoms in total. The molecular weight excluding hydrogens is 740 g/mol. The molecule has 1 N–H and O–H groups in total. The van der Waals surface area contributed by atoms with Crippen molar-refractivity contribution in [2.75, 3.05) is 32.8 Å². The summed E-state index contributed by atoms with van der Waals surface area (Å²) < 4.78 is 57.5. The van der Waals surface area contributed by atoms with E-state index in [0.29, 0.717) is 11.5 Å². The van der Waals surface area contributed by atoms with Crippen molar-refractivity contribution >= 4 is 20.3 Å². The van der Waals surface area contributed by atoms with Gasteiger partial charge in [0.05, 0.1) is 39.9 Å². The maximum atomic E-state index is 17.1. The zero-order valence-electron chi connectivity index (χ0n) is 32.6. The third-order valence-corrected chi connectivity index (χ3v) is 11.3. The standard InChI is InChI=1S/C41H49FN5O8P/c1-27(2)47(28(3)4)56(53-25-11-23-43)55-38-35(54-39(37(38)42)46-24-22-36(44-29(5)48)45-40(46)49)26-52-41(30-12-9-8-10-13-30,31-14-18-33(50-6)19-15-31)32-16-20-34(51-7)21-17-32/h8-10,12-22,24,27-28,35,37-39H,11,25-26H2,1-7H3,(H,44,45,48,49)/t35-,37?,38+,39-,56?/m1/s1. The van der Waals surface area contributed by atoms with Gasteiger partial charge in [0.15, 0.2) is 12.4 Å². The molecule has 0 radical (unpaired) electrons. The van der Waals surface area contributed by atoms with Gasteiger partial charge in [-0.25, -0.2) is 13.9 Å². The molecular formula is C41H49FN5O8P. The van der Waals surface area contributed by atoms with Crippen molar-refractivity contribution in [1.29, 1.82) is 5.26 Å². The number of ether oxygens (including phenoxy) is 4. The summed E-state index contributed by atoms with van der Waals surface area (Å²) in [5.41, 5.74) is 0.172. The van der Waals surface area contributed by atoms with E-state index in [1.54, 1.807) is 14.2 Å². The van der Waals surface area contributed by atoms with Gasteiger partial charge < -0.3 is 33.3 Å². The predicted octanol–water partition coefficient (Wildman–Crippen LogP) is 7.12. The second kappa shape index (κ2) is 19.4. The minimum atomic E-state index is -1.94. The number of anilines is 1. The number of carbonyl (C=O) groups excluding carboxylic acids is 1. The molecule has 5 rings (SSSR count). The first-order valence-corrected chi connectivity index (χ1v) is 19.5. The van der Waals surface area contributed by atoms with Gasteiger partial charge in [0.1, 0.15) is 35.1 Å². The summed E-state index contributed by atoms with van der Waals surface area (Å²) in [6.07, 6.45) is -4.36. The lowest BCUT2D eigenvalue weighted by Gasteiger charge is -2.39. The summed E-state index contributed by atoms with van der Waals surface area (Å²) in [7, 11) is 1.24. The maximum absolute atomic E-state index is 17.1. The molecule has 1 aliphatic heterocycles. The van der Waals surface area contributed by atoms with E-state index in [2.05, 4.69) is 16.4 Å². The van der Waals surface area contributed by atoms with Crippen molar-refractivity contribution in [3.8, 4) is 17.6 Å². The smallest absolute Gasteiger partial charge is 0.351 e. The average molecular weight is 790 g/mol. The zero-order chi connectivity index (χ0) is 40.4. The highest BCUT2D eigenvalue weighted by Crippen LogP contribution is 2.51. The van der Waals surface area contributed by atoms with Crippen LogP contribution in [-0.4, -0.2) is 78.0 Å². The zero-order valence-corrected chi connectivity index (χ0v) is 33.5. The summed E-state index contributed by atoms with van der Waals surface area (Å²) in [4.78, 5) is 28.9. The summed E-state index contributed by atoms with van der Waals surface area (Å²) >= 11 is 0. The van der Waals surface area contributed by atoms with Crippen molar-refractivity contribution in [2.24, 2.45) is 0 Å². The SMILES string of the molecule is COc1ccc(C(OC[C@H]2O[C@@H](n3ccc(NC(C)=O)nc3=O)C(F)[C@H]2OP(OCCC#N)N(C(C)C)C(C)C)(c2ccccc2)c2ccc(OC)cc2)cc1. The molecule has 15 heteroatoms. The number of carbonyl (C=O) groups is 1. The van der Waals surface area contributed by atoms with Crippen molar-refractivity contribution in [3.05, 3.63) is 118 Å². The summed E-state index contributed by atoms with van der Waals surface area (Å²) in [5.74, 6) is 0.898. The fourth-order valence-corrected chi connectivity index (χ4v) is 8.48. The van der Waals surface area contributed by atoms with E-state index < -0.39 is 50.3 Å². The number of rotatable bonds is 18. The molecule has 1 amide bonds. The minimum absolute atomic E-state index is 0.0189. The van der Waals surface area contributed by atoms with Crippen LogP contribution in [0.2, 0.25) is 0 Å². The molecule has 4 aromatic rings. The highest BCUT2D eigenvalue weighted by Gasteiger charge is 2.51. The van der Waals surface area contributed by atoms with Crippen LogP contribution < -0.4 is 20.5 Å². The number of nitrogens with one attached hydrogen (secondary N) is 1. The van der Waals surface area contributed by atoms with Gasteiger partial charge in [-0.15, -0.1) is 0 Å². The van der Waals surface area contributed by atoms with E-state index in [-0.39, 0.29) is 37.5 Å². The van der Waals surface area contributed by atoms with Crippen LogP contribution in [0.5, 0.6) is 11.5 Å². The number of nitrogens with zero attached hydrogens (tertiary/aromatic N) is 4. The van der Waals surface area contributed by atoms with Crippen LogP contribution in [0.15, 0.2) is 95.9 Å². The van der Waals surface area contributed by atoms with Gasteiger partial charge in [0.25, 0.3) is 8.53 Å². The van der Waals surface area contributed by atoms with Crippen molar-refractivity contribution < 1.29 is 37.2 Å². The average Bonchev–Trinajstić information content (AvgIpc) is 3.49. The lowest BCUT2D eigenvalue weighted by Crippen LogP contribution is -2.41. The molecule has 0 bridgehead atoms. The molecule has 3 aromatic carbocycles. The molecule has 1 saturated heterocycles. The van der Waals surface area contributed by atoms with E-state index in [4.69, 9.17) is 28.0 Å². The molecule has 2 unspecified atom stereocenters. The summed E-state index contributed by atoms with van der Waals surface area (Å²) in [6.45, 7) is 9.06. The van der Waals surface area contributed by atoms with Gasteiger partial charge in [0.2, 0.25) is 5.91 Å². The van der Waals surface area contributed by atoms with Crippen molar-refractivity contribution in [3.63, 3.8) is 0 Å². The lowest BCUT2D eigenvalue weighted by molar-refractivity contribution is -0.114. The first kappa shape index (κ1) is 42.4. The monoisotopic (exact) mass is 789 g/mol. The quantitative estimate of drug-likeness (QED) is 0.0625. The van der Waals surface area contributed by atoms with E-state index in [1.165, 1.54) is 19.2 Å². The maximum Gasteiger partial charge on any atom is 0.351 e. The van der Waals surface area contributed by atoms with E-state index in [0.717, 1.165) is 21.3 Å². The van der Waals surface area contributed by atoms with Crippen LogP contribution in [0.1, 0.15) is 64.0 Å². The Balaban J connectivity index is 1.62. The molecule has 0 spiro atoms. The van der Waals surface area contributed by atoms with E-state index in [1.807, 2.05) is 111 Å². The fraction of sp³-hybridized carbons (Fsp3) is 0.415. The number of hydrogen-bond donors (Lipinski definition) is 1. The Kier molecular flexibility index (Phi) is 14.7. The molecule has 56 heavy (non-hydrogen) atoms. The van der Waals surface area contributed by atoms with E-state index in [9.17, 15) is 14.9 Å². The molecule has 1 fully saturated rings. The van der Waals surface area contributed by atoms with Crippen LogP contribution in [0.4, 0.5) is 10.2 Å². The number of hydrogen-bond acceptors (Lipinski definition) is 11. The Morgan fingerprint density at radius 3 is 2.04 bits per heavy atom. The first-order valence-electron chi connectivity index (χ1n) is 18.3. The molecule has 1 aliphatic rings. The van der Waals surface area contributed by atoms with E-state index >= 15 is 4.39 Å². The normalized spacial score (nSPS) is 18.9. The number of halogens is 1. The van der Waals surface area contributed by atoms with Gasteiger partial charge in [-0.05, 0) is 74.7 Å². The Hall–Kier alpha value is -4.74. The molecule has 0 aliphatic carbocycles. The van der Waals surface area contributed by atoms with Crippen LogP contribution >= 0.6 is 8.53 Å². The Bertz CT molecular complexity index is 1920. The van der Waals surface area contributed by atoms with Crippen LogP contribution in [0.3, 0.4) is 0 Å². The molecule has 0 saturated carbocycles. The summed E-state index contributed by atoms with van der Waals surface area (Å²) in [5, 5.41) is 11.8. The largest absolute Gasteiger partial charge is 0.497 e. The highest BCUT2D eigenvalue weighted by molar-refractivity contribution is 7.44. The lowest BCUT2D eigenvalue weighted by atomic mass is 9.80. The Labute approximate surface area is 328 Å². The molecule has 298 valence electrons. The van der Waals surface area contributed by atoms with Gasteiger partial charge in [-0.3, -0.25) is 9.36 Å². The fourth-order valence-electron chi connectivity index (χ4n) is 6.71. The molecule has 2 heterocycles. The van der Waals surface area contributed by atoms with Crippen LogP contribution in [-0.2, 0) is 28.9 Å². The third-order valence-electron chi connectivity index (χ3n) is 9.19. The van der Waals surface area contributed by atoms with Crippen LogP contribution in [0.25, 0.3) is 0 Å². The van der Waals surface area contributed by atoms with Crippen molar-refractivity contribution in [1.82, 2.24) is 14.2 Å². The first-order chi connectivity index (χ1) is 26.9. The van der Waals surface area contributed by atoms with Gasteiger partial charge in [-0.1, -0.05) is 54.6 Å². The van der Waals surface area contributed by atoms with Gasteiger partial charge in [-0.2, -0.15) is 10.2 Å². The van der Waals surface area contributed by atoms with Crippen LogP contribution in [0, 0.1) is 11.3 Å². The Morgan fingerprint density at radius 2 is 1.54 bits per heavy atom. The minimum Gasteiger partial charge on any atom is -0.497 e. The number of aromatic nitrogens is 2. The highest BCUT2D eigenvalue weighted by atomic mass is 31.2. The number of benzene rings is 3. The molecule has 5 atom stereocenters. The predicted molar refractivity (Wildman–Crippen MR) is 210 cm³/mol. The number of nitriles is 1. The second-order valence-electron chi connectivity index (χ2n) is 13.6. The van der Waals surface area contributed by atoms with Gasteiger partial charge in [0, 0.05) is 25.2 Å². The number of methoxy groups -OCH3 is 2. The number of alkyl halides is 1. The third kappa shape index (κ3) is 9.61. The topological polar surface area (TPSA) is 146 Å². The van der Waals surface area contributed by atoms with Gasteiger partial charge >= 0.3 is 5.69 Å². The summed E-state index contributed by atoms with van der Waals surface area (Å²) in [6, 6.07) is 28.0. The second-order valence-corrected chi connectivity index (χ2v) is 15.0. The Morgan fingerprint density at radius 1 is 0.964 bits per heavy atom. The van der Waals surface area contributed by atoms with Crippen molar-refractivity contribution in [2.45, 2.75) is 83.3 Å². The number of amides is 1. The molecule has 1 aromatic heterocycles.